The van der Waals surface area contributed by atoms with Crippen LogP contribution in [0.4, 0.5) is 0 Å². The van der Waals surface area contributed by atoms with E-state index in [-0.39, 0.29) is 5.41 Å². The van der Waals surface area contributed by atoms with Crippen molar-refractivity contribution in [3.63, 3.8) is 0 Å². The van der Waals surface area contributed by atoms with E-state index in [1.807, 2.05) is 0 Å². The number of methoxy groups -OCH3 is 1. The van der Waals surface area contributed by atoms with Crippen LogP contribution in [0.25, 0.3) is 0 Å². The highest BCUT2D eigenvalue weighted by Crippen LogP contribution is 2.36. The summed E-state index contributed by atoms with van der Waals surface area (Å²) >= 11 is 0. The summed E-state index contributed by atoms with van der Waals surface area (Å²) in [4.78, 5) is 2.49. The molecule has 1 aromatic rings. The zero-order valence-corrected chi connectivity index (χ0v) is 15.7. The van der Waals surface area contributed by atoms with E-state index in [0.717, 1.165) is 45.0 Å². The molecule has 1 heterocycles. The summed E-state index contributed by atoms with van der Waals surface area (Å²) in [5, 5.41) is 0. The Bertz CT molecular complexity index is 511. The first-order chi connectivity index (χ1) is 10.8. The molecular formula is C20H33NO2. The molecule has 0 unspecified atom stereocenters. The molecule has 3 nitrogen and oxygen atoms in total. The molecule has 0 radical (unpaired) electrons. The second-order valence-corrected chi connectivity index (χ2v) is 7.87. The van der Waals surface area contributed by atoms with Gasteiger partial charge in [-0.05, 0) is 34.4 Å². The van der Waals surface area contributed by atoms with Gasteiger partial charge in [0.1, 0.15) is 5.75 Å². The van der Waals surface area contributed by atoms with Gasteiger partial charge < -0.3 is 9.47 Å². The molecule has 0 N–H and O–H groups in total. The lowest BCUT2D eigenvalue weighted by Gasteiger charge is -2.28. The Hall–Kier alpha value is -1.06. The number of hydrogen-bond donors (Lipinski definition) is 0. The Kier molecular flexibility index (Phi) is 6.10. The van der Waals surface area contributed by atoms with Gasteiger partial charge in [0.2, 0.25) is 0 Å². The van der Waals surface area contributed by atoms with Crippen molar-refractivity contribution in [2.75, 3.05) is 40.0 Å². The fourth-order valence-electron chi connectivity index (χ4n) is 3.11. The third-order valence-electron chi connectivity index (χ3n) is 4.69. The molecule has 1 fully saturated rings. The summed E-state index contributed by atoms with van der Waals surface area (Å²) in [6.07, 6.45) is 1.03. The molecule has 23 heavy (non-hydrogen) atoms. The van der Waals surface area contributed by atoms with Gasteiger partial charge in [0.15, 0.2) is 0 Å². The normalized spacial score (nSPS) is 16.8. The topological polar surface area (TPSA) is 21.7 Å². The SMILES string of the molecule is COc1c(CCN2CCOCC2)cc(C(C)(C)C)cc1C(C)C. The molecule has 0 bridgehead atoms. The monoisotopic (exact) mass is 319 g/mol. The van der Waals surface area contributed by atoms with Crippen molar-refractivity contribution in [3.8, 4) is 5.75 Å². The van der Waals surface area contributed by atoms with Crippen LogP contribution in [-0.2, 0) is 16.6 Å². The number of benzene rings is 1. The maximum absolute atomic E-state index is 5.80. The van der Waals surface area contributed by atoms with Crippen LogP contribution in [0.2, 0.25) is 0 Å². The Morgan fingerprint density at radius 1 is 1.17 bits per heavy atom. The summed E-state index contributed by atoms with van der Waals surface area (Å²) in [6.45, 7) is 16.2. The van der Waals surface area contributed by atoms with E-state index in [1.54, 1.807) is 7.11 Å². The number of ether oxygens (including phenoxy) is 2. The first-order valence-electron chi connectivity index (χ1n) is 8.84. The highest BCUT2D eigenvalue weighted by atomic mass is 16.5. The predicted octanol–water partition coefficient (Wildman–Crippen LogP) is 3.99. The van der Waals surface area contributed by atoms with Gasteiger partial charge in [0.05, 0.1) is 20.3 Å². The van der Waals surface area contributed by atoms with E-state index in [1.165, 1.54) is 16.7 Å². The fourth-order valence-corrected chi connectivity index (χ4v) is 3.11. The molecule has 1 aromatic carbocycles. The minimum absolute atomic E-state index is 0.156. The maximum atomic E-state index is 5.80. The third-order valence-corrected chi connectivity index (χ3v) is 4.69. The lowest BCUT2D eigenvalue weighted by molar-refractivity contribution is 0.0384. The average molecular weight is 319 g/mol. The Balaban J connectivity index is 2.29. The summed E-state index contributed by atoms with van der Waals surface area (Å²) in [6, 6.07) is 4.69. The zero-order chi connectivity index (χ0) is 17.0. The van der Waals surface area contributed by atoms with E-state index in [9.17, 15) is 0 Å². The third kappa shape index (κ3) is 4.71. The molecule has 1 aliphatic heterocycles. The average Bonchev–Trinajstić information content (AvgIpc) is 2.51. The summed E-state index contributed by atoms with van der Waals surface area (Å²) in [5.74, 6) is 1.55. The molecule has 130 valence electrons. The predicted molar refractivity (Wildman–Crippen MR) is 96.7 cm³/mol. The van der Waals surface area contributed by atoms with Crippen LogP contribution in [0.3, 0.4) is 0 Å². The van der Waals surface area contributed by atoms with Crippen LogP contribution in [0.5, 0.6) is 5.75 Å². The molecule has 1 aliphatic rings. The number of hydrogen-bond acceptors (Lipinski definition) is 3. The van der Waals surface area contributed by atoms with Gasteiger partial charge in [-0.2, -0.15) is 0 Å². The summed E-state index contributed by atoms with van der Waals surface area (Å²) < 4.78 is 11.2. The van der Waals surface area contributed by atoms with Crippen molar-refractivity contribution in [3.05, 3.63) is 28.8 Å². The molecule has 0 spiro atoms. The smallest absolute Gasteiger partial charge is 0.125 e. The molecule has 1 saturated heterocycles. The summed E-state index contributed by atoms with van der Waals surface area (Å²) in [7, 11) is 1.80. The highest BCUT2D eigenvalue weighted by Gasteiger charge is 2.21. The summed E-state index contributed by atoms with van der Waals surface area (Å²) in [5.41, 5.74) is 4.23. The Labute approximate surface area is 142 Å². The molecule has 3 heteroatoms. The Morgan fingerprint density at radius 2 is 1.83 bits per heavy atom. The van der Waals surface area contributed by atoms with Crippen LogP contribution in [-0.4, -0.2) is 44.9 Å². The zero-order valence-electron chi connectivity index (χ0n) is 15.7. The number of morpholine rings is 1. The van der Waals surface area contributed by atoms with Gasteiger partial charge >= 0.3 is 0 Å². The van der Waals surface area contributed by atoms with E-state index in [0.29, 0.717) is 5.92 Å². The lowest BCUT2D eigenvalue weighted by Crippen LogP contribution is -2.37. The van der Waals surface area contributed by atoms with Gasteiger partial charge in [0, 0.05) is 19.6 Å². The van der Waals surface area contributed by atoms with Crippen molar-refractivity contribution in [2.45, 2.75) is 52.4 Å². The van der Waals surface area contributed by atoms with Gasteiger partial charge in [-0.15, -0.1) is 0 Å². The number of rotatable bonds is 5. The quantitative estimate of drug-likeness (QED) is 0.819. The van der Waals surface area contributed by atoms with Crippen molar-refractivity contribution in [1.82, 2.24) is 4.90 Å². The van der Waals surface area contributed by atoms with E-state index in [2.05, 4.69) is 51.7 Å². The second kappa shape index (κ2) is 7.67. The van der Waals surface area contributed by atoms with Gasteiger partial charge in [-0.25, -0.2) is 0 Å². The number of nitrogens with zero attached hydrogens (tertiary/aromatic N) is 1. The molecule has 2 rings (SSSR count). The van der Waals surface area contributed by atoms with Crippen molar-refractivity contribution in [1.29, 1.82) is 0 Å². The second-order valence-electron chi connectivity index (χ2n) is 7.87. The lowest BCUT2D eigenvalue weighted by atomic mass is 9.82. The Morgan fingerprint density at radius 3 is 2.35 bits per heavy atom. The van der Waals surface area contributed by atoms with E-state index >= 15 is 0 Å². The van der Waals surface area contributed by atoms with Gasteiger partial charge in [-0.3, -0.25) is 4.90 Å². The molecular weight excluding hydrogens is 286 g/mol. The van der Waals surface area contributed by atoms with E-state index in [4.69, 9.17) is 9.47 Å². The molecule has 0 aromatic heterocycles. The fraction of sp³-hybridized carbons (Fsp3) is 0.700. The molecule has 0 amide bonds. The van der Waals surface area contributed by atoms with Crippen LogP contribution in [0, 0.1) is 0 Å². The molecule has 0 atom stereocenters. The largest absolute Gasteiger partial charge is 0.496 e. The van der Waals surface area contributed by atoms with Crippen LogP contribution >= 0.6 is 0 Å². The van der Waals surface area contributed by atoms with Crippen molar-refractivity contribution < 1.29 is 9.47 Å². The molecule has 0 saturated carbocycles. The van der Waals surface area contributed by atoms with Crippen molar-refractivity contribution in [2.24, 2.45) is 0 Å². The van der Waals surface area contributed by atoms with Gasteiger partial charge in [0.25, 0.3) is 0 Å². The first-order valence-corrected chi connectivity index (χ1v) is 8.84. The van der Waals surface area contributed by atoms with Crippen molar-refractivity contribution >= 4 is 0 Å². The van der Waals surface area contributed by atoms with Crippen LogP contribution < -0.4 is 4.74 Å². The molecule has 0 aliphatic carbocycles. The van der Waals surface area contributed by atoms with Crippen LogP contribution in [0.15, 0.2) is 12.1 Å². The minimum Gasteiger partial charge on any atom is -0.496 e. The standard InChI is InChI=1S/C20H33NO2/c1-15(2)18-14-17(20(3,4)5)13-16(19(18)22-6)7-8-21-9-11-23-12-10-21/h13-15H,7-12H2,1-6H3. The first kappa shape index (κ1) is 18.3. The maximum Gasteiger partial charge on any atom is 0.125 e. The minimum atomic E-state index is 0.156. The highest BCUT2D eigenvalue weighted by molar-refractivity contribution is 5.48. The van der Waals surface area contributed by atoms with E-state index < -0.39 is 0 Å². The van der Waals surface area contributed by atoms with Gasteiger partial charge in [-0.1, -0.05) is 46.8 Å². The van der Waals surface area contributed by atoms with Crippen LogP contribution in [0.1, 0.15) is 57.2 Å².